The minimum Gasteiger partial charge on any atom is -0.406 e. The van der Waals surface area contributed by atoms with Gasteiger partial charge in [-0.05, 0) is 99.8 Å². The molecule has 0 aromatic heterocycles. The van der Waals surface area contributed by atoms with Crippen LogP contribution >= 0.6 is 0 Å². The molecule has 2 aromatic rings. The van der Waals surface area contributed by atoms with E-state index in [0.717, 1.165) is 0 Å². The highest BCUT2D eigenvalue weighted by atomic mass is 19.4. The summed E-state index contributed by atoms with van der Waals surface area (Å²) in [5.74, 6) is -2.21. The first-order chi connectivity index (χ1) is 19.0. The number of hydrogen-bond acceptors (Lipinski definition) is 5. The lowest BCUT2D eigenvalue weighted by molar-refractivity contribution is -0.275. The summed E-state index contributed by atoms with van der Waals surface area (Å²) < 4.78 is 87.4. The van der Waals surface area contributed by atoms with E-state index in [-0.39, 0.29) is 53.1 Å². The number of halogens is 6. The predicted octanol–water partition coefficient (Wildman–Crippen LogP) is 6.07. The van der Waals surface area contributed by atoms with Gasteiger partial charge >= 0.3 is 12.7 Å². The van der Waals surface area contributed by atoms with E-state index in [1.807, 2.05) is 0 Å². The van der Waals surface area contributed by atoms with Crippen LogP contribution in [0.4, 0.5) is 26.3 Å². The van der Waals surface area contributed by atoms with E-state index in [1.165, 1.54) is 36.4 Å². The summed E-state index contributed by atoms with van der Waals surface area (Å²) >= 11 is 0. The van der Waals surface area contributed by atoms with E-state index in [1.54, 1.807) is 12.1 Å². The third kappa shape index (κ3) is 8.60. The van der Waals surface area contributed by atoms with E-state index in [9.17, 15) is 31.1 Å². The number of benzene rings is 2. The van der Waals surface area contributed by atoms with Gasteiger partial charge in [-0.2, -0.15) is 0 Å². The zero-order valence-corrected chi connectivity index (χ0v) is 22.0. The van der Waals surface area contributed by atoms with Crippen molar-refractivity contribution in [2.45, 2.75) is 51.2 Å². The number of Topliss-reactive ketones (excluding diaryl/α,β-unsaturated/α-hetero) is 1. The van der Waals surface area contributed by atoms with Gasteiger partial charge in [-0.1, -0.05) is 36.4 Å². The van der Waals surface area contributed by atoms with Gasteiger partial charge in [-0.25, -0.2) is 0 Å². The first kappa shape index (κ1) is 30.2. The van der Waals surface area contributed by atoms with Crippen molar-refractivity contribution in [2.24, 2.45) is 23.7 Å². The Kier molecular flexibility index (Phi) is 9.99. The third-order valence-corrected chi connectivity index (χ3v) is 7.91. The molecule has 2 aliphatic heterocycles. The van der Waals surface area contributed by atoms with Gasteiger partial charge in [0, 0.05) is 11.8 Å². The van der Waals surface area contributed by atoms with Crippen LogP contribution in [0, 0.1) is 23.7 Å². The van der Waals surface area contributed by atoms with Crippen LogP contribution in [0.15, 0.2) is 48.5 Å². The SMILES string of the molecule is O=C(C(Cc1ccccc1OC(F)(F)F)C1CCNCC1)C(Cc1ccccc1OC(F)(F)F)C1CCNCC1. The molecule has 40 heavy (non-hydrogen) atoms. The fourth-order valence-electron chi connectivity index (χ4n) is 6.03. The molecule has 2 N–H and O–H groups in total. The monoisotopic (exact) mass is 572 g/mol. The van der Waals surface area contributed by atoms with Crippen LogP contribution in [-0.4, -0.2) is 44.7 Å². The topological polar surface area (TPSA) is 59.6 Å². The van der Waals surface area contributed by atoms with E-state index >= 15 is 0 Å². The molecule has 4 rings (SSSR count). The number of ether oxygens (including phenoxy) is 2. The summed E-state index contributed by atoms with van der Waals surface area (Å²) in [6.45, 7) is 2.70. The Bertz CT molecular complexity index is 1030. The molecule has 0 bridgehead atoms. The van der Waals surface area contributed by atoms with E-state index in [0.29, 0.717) is 51.9 Å². The maximum absolute atomic E-state index is 14.5. The average Bonchev–Trinajstić information content (AvgIpc) is 2.91. The van der Waals surface area contributed by atoms with Crippen molar-refractivity contribution in [3.63, 3.8) is 0 Å². The smallest absolute Gasteiger partial charge is 0.406 e. The molecule has 0 amide bonds. The lowest BCUT2D eigenvalue weighted by Crippen LogP contribution is -2.42. The van der Waals surface area contributed by atoms with Crippen molar-refractivity contribution < 1.29 is 40.6 Å². The van der Waals surface area contributed by atoms with Crippen LogP contribution in [0.5, 0.6) is 11.5 Å². The lowest BCUT2D eigenvalue weighted by Gasteiger charge is -2.36. The Labute approximate surface area is 229 Å². The largest absolute Gasteiger partial charge is 0.573 e. The van der Waals surface area contributed by atoms with Gasteiger partial charge in [-0.3, -0.25) is 4.79 Å². The molecule has 0 spiro atoms. The zero-order chi connectivity index (χ0) is 28.8. The fourth-order valence-corrected chi connectivity index (χ4v) is 6.03. The molecular weight excluding hydrogens is 538 g/mol. The van der Waals surface area contributed by atoms with E-state index in [2.05, 4.69) is 20.1 Å². The Hall–Kier alpha value is -2.79. The number of carbonyl (C=O) groups is 1. The molecule has 2 atom stereocenters. The van der Waals surface area contributed by atoms with Crippen molar-refractivity contribution in [3.8, 4) is 11.5 Å². The minimum atomic E-state index is -4.88. The number of carbonyl (C=O) groups excluding carboxylic acids is 1. The van der Waals surface area contributed by atoms with Crippen LogP contribution < -0.4 is 20.1 Å². The normalized spacial score (nSPS) is 19.1. The van der Waals surface area contributed by atoms with Crippen molar-refractivity contribution in [1.82, 2.24) is 10.6 Å². The van der Waals surface area contributed by atoms with Gasteiger partial charge in [0.25, 0.3) is 0 Å². The molecule has 2 fully saturated rings. The molecule has 2 aromatic carbocycles. The second kappa shape index (κ2) is 13.2. The molecule has 0 saturated carbocycles. The lowest BCUT2D eigenvalue weighted by atomic mass is 9.69. The maximum atomic E-state index is 14.5. The van der Waals surface area contributed by atoms with Crippen molar-refractivity contribution in [3.05, 3.63) is 59.7 Å². The molecule has 11 heteroatoms. The Morgan fingerprint density at radius 1 is 0.675 bits per heavy atom. The van der Waals surface area contributed by atoms with Crippen LogP contribution in [0.3, 0.4) is 0 Å². The Morgan fingerprint density at radius 3 is 1.38 bits per heavy atom. The highest BCUT2D eigenvalue weighted by Gasteiger charge is 2.40. The molecule has 2 heterocycles. The van der Waals surface area contributed by atoms with Crippen LogP contribution in [0.25, 0.3) is 0 Å². The summed E-state index contributed by atoms with van der Waals surface area (Å²) in [6.07, 6.45) is -6.97. The predicted molar refractivity (Wildman–Crippen MR) is 137 cm³/mol. The number of nitrogens with one attached hydrogen (secondary N) is 2. The van der Waals surface area contributed by atoms with Gasteiger partial charge in [0.1, 0.15) is 17.3 Å². The van der Waals surface area contributed by atoms with Gasteiger partial charge < -0.3 is 20.1 Å². The van der Waals surface area contributed by atoms with Gasteiger partial charge in [0.05, 0.1) is 0 Å². The van der Waals surface area contributed by atoms with E-state index < -0.39 is 24.6 Å². The molecule has 2 saturated heterocycles. The summed E-state index contributed by atoms with van der Waals surface area (Å²) in [5.41, 5.74) is 0.558. The number of rotatable bonds is 10. The summed E-state index contributed by atoms with van der Waals surface area (Å²) in [6, 6.07) is 11.7. The first-order valence-corrected chi connectivity index (χ1v) is 13.6. The standard InChI is InChI=1S/C29H34F6N2O3/c30-28(31,32)39-25-7-3-1-5-21(25)17-23(19-9-13-36-14-10-19)27(38)24(20-11-15-37-16-12-20)18-22-6-2-4-8-26(22)40-29(33,34)35/h1-8,19-20,23-24,36-37H,9-18H2. The first-order valence-electron chi connectivity index (χ1n) is 13.6. The maximum Gasteiger partial charge on any atom is 0.573 e. The van der Waals surface area contributed by atoms with Gasteiger partial charge in [0.2, 0.25) is 0 Å². The Morgan fingerprint density at radius 2 is 1.02 bits per heavy atom. The van der Waals surface area contributed by atoms with Crippen molar-refractivity contribution in [2.75, 3.05) is 26.2 Å². The quantitative estimate of drug-likeness (QED) is 0.339. The summed E-state index contributed by atoms with van der Waals surface area (Å²) in [5, 5.41) is 6.52. The van der Waals surface area contributed by atoms with Crippen molar-refractivity contribution in [1.29, 1.82) is 0 Å². The second-order valence-electron chi connectivity index (χ2n) is 10.5. The van der Waals surface area contributed by atoms with Gasteiger partial charge in [0.15, 0.2) is 0 Å². The van der Waals surface area contributed by atoms with Crippen LogP contribution in [-0.2, 0) is 17.6 Å². The summed E-state index contributed by atoms with van der Waals surface area (Å²) in [4.78, 5) is 14.5. The van der Waals surface area contributed by atoms with Gasteiger partial charge in [-0.15, -0.1) is 26.3 Å². The number of piperidine rings is 2. The van der Waals surface area contributed by atoms with Crippen LogP contribution in [0.2, 0.25) is 0 Å². The minimum absolute atomic E-state index is 0.0535. The third-order valence-electron chi connectivity index (χ3n) is 7.91. The number of para-hydroxylation sites is 2. The van der Waals surface area contributed by atoms with Crippen LogP contribution in [0.1, 0.15) is 36.8 Å². The molecule has 0 aliphatic carbocycles. The molecule has 2 unspecified atom stereocenters. The summed E-state index contributed by atoms with van der Waals surface area (Å²) in [7, 11) is 0. The molecule has 5 nitrogen and oxygen atoms in total. The molecule has 0 radical (unpaired) electrons. The van der Waals surface area contributed by atoms with E-state index in [4.69, 9.17) is 0 Å². The Balaban J connectivity index is 1.68. The molecular formula is C29H34F6N2O3. The number of alkyl halides is 6. The fraction of sp³-hybridized carbons (Fsp3) is 0.552. The second-order valence-corrected chi connectivity index (χ2v) is 10.5. The highest BCUT2D eigenvalue weighted by molar-refractivity contribution is 5.85. The number of ketones is 1. The average molecular weight is 573 g/mol. The zero-order valence-electron chi connectivity index (χ0n) is 22.0. The highest BCUT2D eigenvalue weighted by Crippen LogP contribution is 2.38. The molecule has 220 valence electrons. The molecule has 2 aliphatic rings. The van der Waals surface area contributed by atoms with Crippen molar-refractivity contribution >= 4 is 5.78 Å². The number of hydrogen-bond donors (Lipinski definition) is 2.